The van der Waals surface area contributed by atoms with Gasteiger partial charge in [-0.25, -0.2) is 14.4 Å². The van der Waals surface area contributed by atoms with E-state index < -0.39 is 24.1 Å². The predicted molar refractivity (Wildman–Crippen MR) is 58.0 cm³/mol. The van der Waals surface area contributed by atoms with Gasteiger partial charge in [0.15, 0.2) is 0 Å². The Hall–Kier alpha value is -1.40. The van der Waals surface area contributed by atoms with Crippen LogP contribution < -0.4 is 4.90 Å². The average molecular weight is 263 g/mol. The lowest BCUT2D eigenvalue weighted by molar-refractivity contribution is -0.141. The van der Waals surface area contributed by atoms with E-state index in [2.05, 4.69) is 9.97 Å². The summed E-state index contributed by atoms with van der Waals surface area (Å²) in [7, 11) is 1.56. The van der Waals surface area contributed by atoms with Crippen LogP contribution in [0.2, 0.25) is 0 Å². The maximum atomic E-state index is 13.6. The number of alkyl halides is 4. The Morgan fingerprint density at radius 1 is 1.28 bits per heavy atom. The lowest BCUT2D eigenvalue weighted by Gasteiger charge is -2.27. The van der Waals surface area contributed by atoms with Crippen molar-refractivity contribution in [2.75, 3.05) is 11.9 Å². The minimum atomic E-state index is -4.51. The van der Waals surface area contributed by atoms with Crippen LogP contribution in [0.4, 0.5) is 23.4 Å². The second-order valence-electron chi connectivity index (χ2n) is 4.38. The molecule has 2 atom stereocenters. The van der Waals surface area contributed by atoms with E-state index in [1.807, 2.05) is 0 Å². The quantitative estimate of drug-likeness (QED) is 0.768. The van der Waals surface area contributed by atoms with Gasteiger partial charge >= 0.3 is 6.18 Å². The van der Waals surface area contributed by atoms with E-state index in [1.165, 1.54) is 4.90 Å². The Morgan fingerprint density at radius 3 is 2.56 bits per heavy atom. The summed E-state index contributed by atoms with van der Waals surface area (Å²) in [4.78, 5) is 8.43. The average Bonchev–Trinajstić information content (AvgIpc) is 2.73. The second kappa shape index (κ2) is 4.70. The van der Waals surface area contributed by atoms with Crippen LogP contribution >= 0.6 is 0 Å². The molecule has 1 aromatic heterocycles. The number of nitrogens with zero attached hydrogens (tertiary/aromatic N) is 3. The van der Waals surface area contributed by atoms with Gasteiger partial charge in [-0.15, -0.1) is 0 Å². The molecule has 0 amide bonds. The molecule has 0 saturated heterocycles. The molecule has 0 aromatic carbocycles. The van der Waals surface area contributed by atoms with Gasteiger partial charge in [-0.05, 0) is 19.3 Å². The molecule has 1 saturated carbocycles. The lowest BCUT2D eigenvalue weighted by atomic mass is 10.2. The van der Waals surface area contributed by atoms with Crippen molar-refractivity contribution in [3.8, 4) is 0 Å². The molecule has 1 fully saturated rings. The number of anilines is 1. The smallest absolute Gasteiger partial charge is 0.354 e. The molecule has 0 bridgehead atoms. The van der Waals surface area contributed by atoms with Gasteiger partial charge in [-0.1, -0.05) is 0 Å². The van der Waals surface area contributed by atoms with Crippen molar-refractivity contribution in [3.05, 3.63) is 18.1 Å². The molecule has 0 N–H and O–H groups in total. The van der Waals surface area contributed by atoms with Gasteiger partial charge in [0, 0.05) is 13.1 Å². The van der Waals surface area contributed by atoms with Gasteiger partial charge < -0.3 is 4.90 Å². The summed E-state index contributed by atoms with van der Waals surface area (Å²) in [6, 6.07) is 0.450. The molecule has 7 heteroatoms. The second-order valence-corrected chi connectivity index (χ2v) is 4.38. The standard InChI is InChI=1S/C11H13F4N3/c1-18(8-4-2-3-7(8)12)10-5-9(11(13,14)15)16-6-17-10/h5-8H,2-4H2,1H3/t7-,8-/m1/s1. The monoisotopic (exact) mass is 263 g/mol. The zero-order valence-corrected chi connectivity index (χ0v) is 9.78. The first kappa shape index (κ1) is 13.0. The Morgan fingerprint density at radius 2 is 2.00 bits per heavy atom. The third kappa shape index (κ3) is 2.54. The van der Waals surface area contributed by atoms with Crippen LogP contribution in [-0.2, 0) is 6.18 Å². The zero-order valence-electron chi connectivity index (χ0n) is 9.78. The molecule has 0 spiro atoms. The first-order valence-electron chi connectivity index (χ1n) is 5.65. The van der Waals surface area contributed by atoms with Crippen molar-refractivity contribution >= 4 is 5.82 Å². The molecule has 1 aliphatic carbocycles. The van der Waals surface area contributed by atoms with Gasteiger partial charge in [0.05, 0.1) is 6.04 Å². The Balaban J connectivity index is 2.23. The highest BCUT2D eigenvalue weighted by atomic mass is 19.4. The number of aromatic nitrogens is 2. The molecule has 1 aliphatic rings. The Kier molecular flexibility index (Phi) is 3.41. The van der Waals surface area contributed by atoms with Gasteiger partial charge in [0.1, 0.15) is 24.0 Å². The topological polar surface area (TPSA) is 29.0 Å². The number of hydrogen-bond donors (Lipinski definition) is 0. The highest BCUT2D eigenvalue weighted by molar-refractivity contribution is 5.40. The van der Waals surface area contributed by atoms with Crippen molar-refractivity contribution in [1.82, 2.24) is 9.97 Å². The molecular weight excluding hydrogens is 250 g/mol. The van der Waals surface area contributed by atoms with Gasteiger partial charge in [0.25, 0.3) is 0 Å². The fourth-order valence-corrected chi connectivity index (χ4v) is 2.20. The van der Waals surface area contributed by atoms with Crippen LogP contribution in [0.5, 0.6) is 0 Å². The lowest BCUT2D eigenvalue weighted by Crippen LogP contribution is -2.36. The van der Waals surface area contributed by atoms with E-state index in [0.717, 1.165) is 18.8 Å². The molecule has 0 unspecified atom stereocenters. The van der Waals surface area contributed by atoms with Crippen molar-refractivity contribution in [2.24, 2.45) is 0 Å². The van der Waals surface area contributed by atoms with E-state index >= 15 is 0 Å². The van der Waals surface area contributed by atoms with Crippen molar-refractivity contribution in [2.45, 2.75) is 37.7 Å². The van der Waals surface area contributed by atoms with Gasteiger partial charge in [-0.2, -0.15) is 13.2 Å². The molecule has 100 valence electrons. The molecule has 1 aromatic rings. The Bertz CT molecular complexity index is 421. The fraction of sp³-hybridized carbons (Fsp3) is 0.636. The van der Waals surface area contributed by atoms with E-state index in [-0.39, 0.29) is 5.82 Å². The van der Waals surface area contributed by atoms with E-state index in [9.17, 15) is 17.6 Å². The van der Waals surface area contributed by atoms with Crippen LogP contribution in [-0.4, -0.2) is 29.2 Å². The first-order valence-corrected chi connectivity index (χ1v) is 5.65. The molecule has 2 rings (SSSR count). The predicted octanol–water partition coefficient (Wildman–Crippen LogP) is 2.82. The summed E-state index contributed by atoms with van der Waals surface area (Å²) in [5.74, 6) is 0.104. The maximum Gasteiger partial charge on any atom is 0.433 e. The number of halogens is 4. The van der Waals surface area contributed by atoms with Crippen molar-refractivity contribution in [3.63, 3.8) is 0 Å². The third-order valence-electron chi connectivity index (χ3n) is 3.20. The molecular formula is C11H13F4N3. The molecule has 1 heterocycles. The van der Waals surface area contributed by atoms with Crippen molar-refractivity contribution in [1.29, 1.82) is 0 Å². The minimum absolute atomic E-state index is 0.104. The normalized spacial score (nSPS) is 24.3. The van der Waals surface area contributed by atoms with Crippen molar-refractivity contribution < 1.29 is 17.6 Å². The van der Waals surface area contributed by atoms with E-state index in [0.29, 0.717) is 12.8 Å². The molecule has 0 aliphatic heterocycles. The van der Waals surface area contributed by atoms with Gasteiger partial charge in [-0.3, -0.25) is 0 Å². The fourth-order valence-electron chi connectivity index (χ4n) is 2.20. The number of hydrogen-bond acceptors (Lipinski definition) is 3. The van der Waals surface area contributed by atoms with Crippen LogP contribution in [0.25, 0.3) is 0 Å². The highest BCUT2D eigenvalue weighted by Crippen LogP contribution is 2.32. The summed E-state index contributed by atoms with van der Waals surface area (Å²) in [5.41, 5.74) is -1.01. The molecule has 0 radical (unpaired) electrons. The minimum Gasteiger partial charge on any atom is -0.354 e. The first-order chi connectivity index (χ1) is 8.39. The summed E-state index contributed by atoms with van der Waals surface area (Å²) in [5, 5.41) is 0. The van der Waals surface area contributed by atoms with Gasteiger partial charge in [0.2, 0.25) is 0 Å². The van der Waals surface area contributed by atoms with Crippen LogP contribution in [0, 0.1) is 0 Å². The Labute approximate surface area is 102 Å². The van der Waals surface area contributed by atoms with Crippen LogP contribution in [0.1, 0.15) is 25.0 Å². The van der Waals surface area contributed by atoms with Crippen LogP contribution in [0.3, 0.4) is 0 Å². The largest absolute Gasteiger partial charge is 0.433 e. The van der Waals surface area contributed by atoms with E-state index in [1.54, 1.807) is 7.05 Å². The van der Waals surface area contributed by atoms with E-state index in [4.69, 9.17) is 0 Å². The summed E-state index contributed by atoms with van der Waals surface area (Å²) >= 11 is 0. The third-order valence-corrected chi connectivity index (χ3v) is 3.20. The molecule has 3 nitrogen and oxygen atoms in total. The van der Waals surface area contributed by atoms with Crippen LogP contribution in [0.15, 0.2) is 12.4 Å². The maximum absolute atomic E-state index is 13.6. The summed E-state index contributed by atoms with van der Waals surface area (Å²) in [6.07, 6.45) is -2.85. The number of rotatable bonds is 2. The molecule has 18 heavy (non-hydrogen) atoms. The summed E-state index contributed by atoms with van der Waals surface area (Å²) in [6.45, 7) is 0. The zero-order chi connectivity index (χ0) is 13.3. The summed E-state index contributed by atoms with van der Waals surface area (Å²) < 4.78 is 51.1. The highest BCUT2D eigenvalue weighted by Gasteiger charge is 2.35. The SMILES string of the molecule is CN(c1cc(C(F)(F)F)ncn1)[C@@H]1CCC[C@H]1F.